The topological polar surface area (TPSA) is 66.9 Å². The van der Waals surface area contributed by atoms with E-state index < -0.39 is 5.91 Å². The van der Waals surface area contributed by atoms with Crippen molar-refractivity contribution in [3.05, 3.63) is 70.8 Å². The number of nitriles is 1. The van der Waals surface area contributed by atoms with Gasteiger partial charge in [0.05, 0.1) is 11.6 Å². The minimum Gasteiger partial charge on any atom is -0.366 e. The van der Waals surface area contributed by atoms with Gasteiger partial charge in [0, 0.05) is 5.56 Å². The van der Waals surface area contributed by atoms with Crippen molar-refractivity contribution in [3.8, 4) is 6.07 Å². The van der Waals surface area contributed by atoms with E-state index >= 15 is 0 Å². The van der Waals surface area contributed by atoms with Gasteiger partial charge >= 0.3 is 0 Å². The van der Waals surface area contributed by atoms with E-state index in [-0.39, 0.29) is 0 Å². The van der Waals surface area contributed by atoms with Crippen LogP contribution in [0.25, 0.3) is 0 Å². The number of rotatable bonds is 4. The van der Waals surface area contributed by atoms with Crippen LogP contribution in [0.4, 0.5) is 0 Å². The van der Waals surface area contributed by atoms with Crippen LogP contribution in [0, 0.1) is 11.3 Å². The molecule has 0 aliphatic carbocycles. The van der Waals surface area contributed by atoms with E-state index in [4.69, 9.17) is 11.0 Å². The molecule has 2 N–H and O–H groups in total. The lowest BCUT2D eigenvalue weighted by Crippen LogP contribution is -2.10. The second-order valence-electron chi connectivity index (χ2n) is 4.37. The number of aryl methyl sites for hydroxylation is 2. The zero-order valence-corrected chi connectivity index (χ0v) is 10.5. The third kappa shape index (κ3) is 3.43. The second-order valence-corrected chi connectivity index (χ2v) is 4.37. The Labute approximate surface area is 112 Å². The number of benzene rings is 2. The van der Waals surface area contributed by atoms with Gasteiger partial charge < -0.3 is 5.73 Å². The van der Waals surface area contributed by atoms with E-state index in [2.05, 4.69) is 6.07 Å². The van der Waals surface area contributed by atoms with Crippen molar-refractivity contribution in [2.75, 3.05) is 0 Å². The van der Waals surface area contributed by atoms with Crippen molar-refractivity contribution in [2.24, 2.45) is 5.73 Å². The highest BCUT2D eigenvalue weighted by Crippen LogP contribution is 2.10. The predicted molar refractivity (Wildman–Crippen MR) is 73.5 cm³/mol. The monoisotopic (exact) mass is 250 g/mol. The van der Waals surface area contributed by atoms with Gasteiger partial charge in [0.1, 0.15) is 0 Å². The molecule has 0 fully saturated rings. The molecule has 0 radical (unpaired) electrons. The Morgan fingerprint density at radius 3 is 1.84 bits per heavy atom. The van der Waals surface area contributed by atoms with Crippen LogP contribution < -0.4 is 5.73 Å². The molecular weight excluding hydrogens is 236 g/mol. The van der Waals surface area contributed by atoms with Crippen molar-refractivity contribution in [3.63, 3.8) is 0 Å². The SMILES string of the molecule is N#Cc1ccc(CCc2ccc(C(N)=O)cc2)cc1. The molecule has 0 unspecified atom stereocenters. The van der Waals surface area contributed by atoms with Crippen LogP contribution in [0.2, 0.25) is 0 Å². The first kappa shape index (κ1) is 12.8. The van der Waals surface area contributed by atoms with Gasteiger partial charge in [-0.15, -0.1) is 0 Å². The highest BCUT2D eigenvalue weighted by molar-refractivity contribution is 5.92. The van der Waals surface area contributed by atoms with Gasteiger partial charge in [-0.2, -0.15) is 5.26 Å². The number of carbonyl (C=O) groups excluding carboxylic acids is 1. The Hall–Kier alpha value is -2.60. The van der Waals surface area contributed by atoms with Gasteiger partial charge in [0.2, 0.25) is 5.91 Å². The molecular formula is C16H14N2O. The molecule has 0 aliphatic heterocycles. The molecule has 0 heterocycles. The smallest absolute Gasteiger partial charge is 0.248 e. The third-order valence-electron chi connectivity index (χ3n) is 3.02. The van der Waals surface area contributed by atoms with E-state index in [1.807, 2.05) is 36.4 Å². The van der Waals surface area contributed by atoms with Crippen LogP contribution in [0.15, 0.2) is 48.5 Å². The highest BCUT2D eigenvalue weighted by Gasteiger charge is 2.00. The number of primary amides is 1. The molecule has 0 bridgehead atoms. The van der Waals surface area contributed by atoms with Gasteiger partial charge in [0.15, 0.2) is 0 Å². The second kappa shape index (κ2) is 5.83. The fourth-order valence-corrected chi connectivity index (χ4v) is 1.87. The van der Waals surface area contributed by atoms with Crippen LogP contribution in [0.3, 0.4) is 0 Å². The molecule has 0 aromatic heterocycles. The first-order valence-electron chi connectivity index (χ1n) is 6.07. The van der Waals surface area contributed by atoms with Crippen LogP contribution in [0.5, 0.6) is 0 Å². The summed E-state index contributed by atoms with van der Waals surface area (Å²) in [5.41, 5.74) is 8.75. The largest absolute Gasteiger partial charge is 0.366 e. The lowest BCUT2D eigenvalue weighted by atomic mass is 10.0. The number of hydrogen-bond donors (Lipinski definition) is 1. The molecule has 3 heteroatoms. The Morgan fingerprint density at radius 1 is 0.947 bits per heavy atom. The average molecular weight is 250 g/mol. The van der Waals surface area contributed by atoms with E-state index in [1.54, 1.807) is 12.1 Å². The van der Waals surface area contributed by atoms with Gasteiger partial charge in [-0.05, 0) is 48.2 Å². The fraction of sp³-hybridized carbons (Fsp3) is 0.125. The molecule has 0 saturated heterocycles. The van der Waals surface area contributed by atoms with Gasteiger partial charge in [-0.25, -0.2) is 0 Å². The zero-order valence-electron chi connectivity index (χ0n) is 10.5. The third-order valence-corrected chi connectivity index (χ3v) is 3.02. The summed E-state index contributed by atoms with van der Waals surface area (Å²) >= 11 is 0. The average Bonchev–Trinajstić information content (AvgIpc) is 2.46. The van der Waals surface area contributed by atoms with E-state index in [0.29, 0.717) is 11.1 Å². The minimum absolute atomic E-state index is 0.404. The van der Waals surface area contributed by atoms with Crippen molar-refractivity contribution in [2.45, 2.75) is 12.8 Å². The number of nitrogens with zero attached hydrogens (tertiary/aromatic N) is 1. The molecule has 0 atom stereocenters. The van der Waals surface area contributed by atoms with Crippen LogP contribution >= 0.6 is 0 Å². The summed E-state index contributed by atoms with van der Waals surface area (Å²) in [7, 11) is 0. The maximum Gasteiger partial charge on any atom is 0.248 e. The molecule has 0 spiro atoms. The molecule has 3 nitrogen and oxygen atoms in total. The predicted octanol–water partition coefficient (Wildman–Crippen LogP) is 2.44. The summed E-state index contributed by atoms with van der Waals surface area (Å²) in [5, 5.41) is 8.72. The molecule has 2 aromatic carbocycles. The summed E-state index contributed by atoms with van der Waals surface area (Å²) in [6.07, 6.45) is 1.80. The lowest BCUT2D eigenvalue weighted by Gasteiger charge is -2.03. The molecule has 0 saturated carbocycles. The van der Waals surface area contributed by atoms with E-state index in [0.717, 1.165) is 18.4 Å². The summed E-state index contributed by atoms with van der Waals surface area (Å²) in [5.74, 6) is -0.404. The van der Waals surface area contributed by atoms with Crippen molar-refractivity contribution in [1.82, 2.24) is 0 Å². The summed E-state index contributed by atoms with van der Waals surface area (Å²) in [4.78, 5) is 10.9. The Morgan fingerprint density at radius 2 is 1.42 bits per heavy atom. The van der Waals surface area contributed by atoms with Crippen molar-refractivity contribution >= 4 is 5.91 Å². The maximum atomic E-state index is 10.9. The quantitative estimate of drug-likeness (QED) is 0.905. The van der Waals surface area contributed by atoms with E-state index in [1.165, 1.54) is 5.56 Å². The normalized spacial score (nSPS) is 9.84. The van der Waals surface area contributed by atoms with Crippen LogP contribution in [0.1, 0.15) is 27.0 Å². The Balaban J connectivity index is 1.98. The van der Waals surface area contributed by atoms with Crippen molar-refractivity contribution in [1.29, 1.82) is 5.26 Å². The van der Waals surface area contributed by atoms with Gasteiger partial charge in [0.25, 0.3) is 0 Å². The molecule has 19 heavy (non-hydrogen) atoms. The fourth-order valence-electron chi connectivity index (χ4n) is 1.87. The van der Waals surface area contributed by atoms with Gasteiger partial charge in [-0.1, -0.05) is 24.3 Å². The maximum absolute atomic E-state index is 10.9. The van der Waals surface area contributed by atoms with Crippen LogP contribution in [-0.2, 0) is 12.8 Å². The molecule has 1 amide bonds. The number of hydrogen-bond acceptors (Lipinski definition) is 2. The number of amides is 1. The standard InChI is InChI=1S/C16H14N2O/c17-11-14-5-3-12(4-6-14)1-2-13-7-9-15(10-8-13)16(18)19/h3-10H,1-2H2,(H2,18,19). The first-order chi connectivity index (χ1) is 9.19. The van der Waals surface area contributed by atoms with Crippen LogP contribution in [-0.4, -0.2) is 5.91 Å². The minimum atomic E-state index is -0.404. The van der Waals surface area contributed by atoms with Crippen molar-refractivity contribution < 1.29 is 4.79 Å². The molecule has 94 valence electrons. The Kier molecular flexibility index (Phi) is 3.94. The first-order valence-corrected chi connectivity index (χ1v) is 6.07. The number of carbonyl (C=O) groups is 1. The molecule has 0 aliphatic rings. The summed E-state index contributed by atoms with van der Waals surface area (Å²) in [6, 6.07) is 17.0. The Bertz CT molecular complexity index is 607. The summed E-state index contributed by atoms with van der Waals surface area (Å²) in [6.45, 7) is 0. The summed E-state index contributed by atoms with van der Waals surface area (Å²) < 4.78 is 0. The van der Waals surface area contributed by atoms with E-state index in [9.17, 15) is 4.79 Å². The molecule has 2 aromatic rings. The highest BCUT2D eigenvalue weighted by atomic mass is 16.1. The zero-order chi connectivity index (χ0) is 13.7. The number of nitrogens with two attached hydrogens (primary N) is 1. The molecule has 2 rings (SSSR count). The lowest BCUT2D eigenvalue weighted by molar-refractivity contribution is 0.100. The van der Waals surface area contributed by atoms with Gasteiger partial charge in [-0.3, -0.25) is 4.79 Å².